The van der Waals surface area contributed by atoms with Gasteiger partial charge < -0.3 is 10.2 Å². The Morgan fingerprint density at radius 3 is 2.92 bits per heavy atom. The molecule has 3 heterocycles. The van der Waals surface area contributed by atoms with Crippen molar-refractivity contribution in [2.45, 2.75) is 42.7 Å². The van der Waals surface area contributed by atoms with E-state index in [1.54, 1.807) is 11.8 Å². The third-order valence-electron chi connectivity index (χ3n) is 5.33. The summed E-state index contributed by atoms with van der Waals surface area (Å²) < 4.78 is 0. The molecule has 5 heteroatoms. The van der Waals surface area contributed by atoms with Crippen molar-refractivity contribution in [2.75, 3.05) is 18.8 Å². The molecule has 2 aliphatic rings. The van der Waals surface area contributed by atoms with Crippen LogP contribution in [0.3, 0.4) is 0 Å². The molecule has 0 radical (unpaired) electrons. The summed E-state index contributed by atoms with van der Waals surface area (Å²) in [6.45, 7) is 2.63. The first-order chi connectivity index (χ1) is 12.8. The van der Waals surface area contributed by atoms with E-state index in [-0.39, 0.29) is 17.9 Å². The number of amides is 1. The molecule has 2 aliphatic heterocycles. The van der Waals surface area contributed by atoms with Gasteiger partial charge in [-0.3, -0.25) is 9.78 Å². The average Bonchev–Trinajstić information content (AvgIpc) is 2.93. The highest BCUT2D eigenvalue weighted by molar-refractivity contribution is 7.99. The molecule has 2 unspecified atom stereocenters. The normalized spacial score (nSPS) is 22.5. The van der Waals surface area contributed by atoms with Gasteiger partial charge in [-0.15, -0.1) is 11.8 Å². The molecule has 1 fully saturated rings. The lowest BCUT2D eigenvalue weighted by Crippen LogP contribution is -2.43. The maximum atomic E-state index is 13.6. The van der Waals surface area contributed by atoms with E-state index in [0.717, 1.165) is 43.8 Å². The number of hydrogen-bond donors (Lipinski definition) is 1. The lowest BCUT2D eigenvalue weighted by molar-refractivity contribution is -0.135. The summed E-state index contributed by atoms with van der Waals surface area (Å²) in [6.07, 6.45) is 5.01. The van der Waals surface area contributed by atoms with Crippen molar-refractivity contribution in [1.82, 2.24) is 15.2 Å². The largest absolute Gasteiger partial charge is 0.333 e. The monoisotopic (exact) mass is 367 g/mol. The van der Waals surface area contributed by atoms with Crippen LogP contribution in [-0.2, 0) is 11.3 Å². The number of rotatable bonds is 4. The Hall–Kier alpha value is -1.85. The van der Waals surface area contributed by atoms with E-state index >= 15 is 0 Å². The van der Waals surface area contributed by atoms with Crippen molar-refractivity contribution in [3.63, 3.8) is 0 Å². The highest BCUT2D eigenvalue weighted by Gasteiger charge is 2.35. The molecule has 1 aromatic carbocycles. The number of aromatic nitrogens is 1. The molecular formula is C21H25N3OS. The van der Waals surface area contributed by atoms with E-state index in [4.69, 9.17) is 0 Å². The number of hydrogen-bond acceptors (Lipinski definition) is 4. The summed E-state index contributed by atoms with van der Waals surface area (Å²) in [7, 11) is 0. The predicted octanol–water partition coefficient (Wildman–Crippen LogP) is 3.44. The zero-order chi connectivity index (χ0) is 17.8. The molecular weight excluding hydrogens is 342 g/mol. The molecule has 1 saturated heterocycles. The fraction of sp³-hybridized carbons (Fsp3) is 0.429. The second-order valence-corrected chi connectivity index (χ2v) is 8.09. The van der Waals surface area contributed by atoms with Crippen molar-refractivity contribution in [3.8, 4) is 0 Å². The standard InChI is InChI=1S/C21H25N3OS/c25-21(19-15-26-20-9-2-1-8-18(19)20)24(14-16-6-3-4-12-23-16)17-7-5-11-22-13-10-17/h1-4,6,8-9,12,17,19,22H,5,7,10-11,13-15H2. The summed E-state index contributed by atoms with van der Waals surface area (Å²) in [5.74, 6) is 1.08. The average molecular weight is 368 g/mol. The van der Waals surface area contributed by atoms with Gasteiger partial charge in [0.1, 0.15) is 0 Å². The molecule has 0 bridgehead atoms. The Morgan fingerprint density at radius 1 is 1.15 bits per heavy atom. The molecule has 136 valence electrons. The third kappa shape index (κ3) is 3.79. The summed E-state index contributed by atoms with van der Waals surface area (Å²) in [6, 6.07) is 14.6. The second kappa shape index (κ2) is 8.23. The van der Waals surface area contributed by atoms with Crippen LogP contribution in [0.4, 0.5) is 0 Å². The topological polar surface area (TPSA) is 45.2 Å². The van der Waals surface area contributed by atoms with Crippen LogP contribution in [0, 0.1) is 0 Å². The van der Waals surface area contributed by atoms with Gasteiger partial charge in [-0.05, 0) is 56.1 Å². The minimum absolute atomic E-state index is 0.0314. The molecule has 2 aromatic rings. The Morgan fingerprint density at radius 2 is 2.04 bits per heavy atom. The van der Waals surface area contributed by atoms with Gasteiger partial charge in [0.05, 0.1) is 18.2 Å². The number of nitrogens with zero attached hydrogens (tertiary/aromatic N) is 2. The predicted molar refractivity (Wildman–Crippen MR) is 105 cm³/mol. The van der Waals surface area contributed by atoms with Gasteiger partial charge >= 0.3 is 0 Å². The van der Waals surface area contributed by atoms with Crippen LogP contribution in [0.5, 0.6) is 0 Å². The lowest BCUT2D eigenvalue weighted by Gasteiger charge is -2.33. The van der Waals surface area contributed by atoms with Crippen LogP contribution >= 0.6 is 11.8 Å². The molecule has 1 aromatic heterocycles. The van der Waals surface area contributed by atoms with E-state index in [1.807, 2.05) is 30.5 Å². The van der Waals surface area contributed by atoms with Gasteiger partial charge in [0.25, 0.3) is 0 Å². The second-order valence-electron chi connectivity index (χ2n) is 7.02. The van der Waals surface area contributed by atoms with Crippen LogP contribution in [0.15, 0.2) is 53.6 Å². The number of benzene rings is 1. The van der Waals surface area contributed by atoms with Crippen molar-refractivity contribution in [3.05, 3.63) is 59.9 Å². The van der Waals surface area contributed by atoms with Crippen LogP contribution in [0.25, 0.3) is 0 Å². The SMILES string of the molecule is O=C(C1CSc2ccccc21)N(Cc1ccccn1)C1CCCNCC1. The van der Waals surface area contributed by atoms with Gasteiger partial charge in [-0.2, -0.15) is 0 Å². The Balaban J connectivity index is 1.60. The van der Waals surface area contributed by atoms with Crippen LogP contribution in [-0.4, -0.2) is 40.7 Å². The zero-order valence-electron chi connectivity index (χ0n) is 14.9. The van der Waals surface area contributed by atoms with Crippen molar-refractivity contribution >= 4 is 17.7 Å². The first-order valence-electron chi connectivity index (χ1n) is 9.46. The molecule has 0 spiro atoms. The molecule has 2 atom stereocenters. The van der Waals surface area contributed by atoms with Crippen LogP contribution in [0.1, 0.15) is 36.4 Å². The number of nitrogens with one attached hydrogen (secondary N) is 1. The van der Waals surface area contributed by atoms with E-state index < -0.39 is 0 Å². The molecule has 4 nitrogen and oxygen atoms in total. The van der Waals surface area contributed by atoms with Gasteiger partial charge in [0.2, 0.25) is 5.91 Å². The number of carbonyl (C=O) groups is 1. The smallest absolute Gasteiger partial charge is 0.231 e. The van der Waals surface area contributed by atoms with Gasteiger partial charge in [-0.1, -0.05) is 24.3 Å². The number of fused-ring (bicyclic) bond motifs is 1. The number of carbonyl (C=O) groups excluding carboxylic acids is 1. The molecule has 0 saturated carbocycles. The molecule has 1 N–H and O–H groups in total. The summed E-state index contributed by atoms with van der Waals surface area (Å²) in [4.78, 5) is 21.4. The molecule has 1 amide bonds. The van der Waals surface area contributed by atoms with Gasteiger partial charge in [-0.25, -0.2) is 0 Å². The quantitative estimate of drug-likeness (QED) is 0.899. The highest BCUT2D eigenvalue weighted by Crippen LogP contribution is 2.40. The minimum atomic E-state index is -0.0314. The molecule has 0 aliphatic carbocycles. The minimum Gasteiger partial charge on any atom is -0.333 e. The molecule has 26 heavy (non-hydrogen) atoms. The maximum Gasteiger partial charge on any atom is 0.231 e. The summed E-state index contributed by atoms with van der Waals surface area (Å²) >= 11 is 1.80. The van der Waals surface area contributed by atoms with Crippen LogP contribution in [0.2, 0.25) is 0 Å². The van der Waals surface area contributed by atoms with Crippen LogP contribution < -0.4 is 5.32 Å². The van der Waals surface area contributed by atoms with Gasteiger partial charge in [0.15, 0.2) is 0 Å². The van der Waals surface area contributed by atoms with Crippen molar-refractivity contribution in [1.29, 1.82) is 0 Å². The lowest BCUT2D eigenvalue weighted by atomic mass is 9.97. The first-order valence-corrected chi connectivity index (χ1v) is 10.4. The van der Waals surface area contributed by atoms with E-state index in [2.05, 4.69) is 33.4 Å². The van der Waals surface area contributed by atoms with Crippen molar-refractivity contribution in [2.24, 2.45) is 0 Å². The fourth-order valence-electron chi connectivity index (χ4n) is 3.93. The van der Waals surface area contributed by atoms with E-state index in [0.29, 0.717) is 6.54 Å². The Kier molecular flexibility index (Phi) is 5.56. The van der Waals surface area contributed by atoms with E-state index in [1.165, 1.54) is 10.5 Å². The van der Waals surface area contributed by atoms with Gasteiger partial charge in [0, 0.05) is 22.9 Å². The van der Waals surface area contributed by atoms with Crippen molar-refractivity contribution < 1.29 is 4.79 Å². The highest BCUT2D eigenvalue weighted by atomic mass is 32.2. The molecule has 4 rings (SSSR count). The summed E-state index contributed by atoms with van der Waals surface area (Å²) in [5.41, 5.74) is 2.16. The zero-order valence-corrected chi connectivity index (χ0v) is 15.8. The summed E-state index contributed by atoms with van der Waals surface area (Å²) in [5, 5.41) is 3.46. The number of pyridine rings is 1. The number of thioether (sulfide) groups is 1. The Bertz CT molecular complexity index is 744. The fourth-order valence-corrected chi connectivity index (χ4v) is 5.15. The maximum absolute atomic E-state index is 13.6. The third-order valence-corrected chi connectivity index (χ3v) is 6.51. The Labute approximate surface area is 159 Å². The van der Waals surface area contributed by atoms with E-state index in [9.17, 15) is 4.79 Å². The first kappa shape index (κ1) is 17.6.